The average molecular weight is 360 g/mol. The minimum Gasteiger partial charge on any atom is -0.371 e. The number of thiol groups is 1. The molecule has 0 amide bonds. The summed E-state index contributed by atoms with van der Waals surface area (Å²) in [5, 5.41) is 3.09. The number of unbranched alkanes of at least 4 members (excludes halogenated alkanes) is 16. The van der Waals surface area contributed by atoms with Crippen LogP contribution in [-0.4, -0.2) is 10.9 Å². The predicted molar refractivity (Wildman–Crippen MR) is 114 cm³/mol. The van der Waals surface area contributed by atoms with Crippen LogP contribution in [0.2, 0.25) is 0 Å². The molecule has 0 bridgehead atoms. The van der Waals surface area contributed by atoms with Crippen molar-refractivity contribution in [1.29, 1.82) is 0 Å². The minimum atomic E-state index is 0.626. The Morgan fingerprint density at radius 2 is 0.913 bits per heavy atom. The number of nitrogens with one attached hydrogen (secondary N) is 1. The van der Waals surface area contributed by atoms with Crippen molar-refractivity contribution < 1.29 is 0 Å². The summed E-state index contributed by atoms with van der Waals surface area (Å²) in [6.07, 6.45) is 24.1. The van der Waals surface area contributed by atoms with E-state index < -0.39 is 0 Å². The fraction of sp³-hybridized carbons (Fsp3) is 0.950. The van der Waals surface area contributed by atoms with Crippen LogP contribution in [0.1, 0.15) is 116 Å². The summed E-state index contributed by atoms with van der Waals surface area (Å²) in [5.41, 5.74) is 0. The van der Waals surface area contributed by atoms with E-state index in [1.54, 1.807) is 0 Å². The van der Waals surface area contributed by atoms with E-state index in [0.29, 0.717) is 4.32 Å². The Kier molecular flexibility index (Phi) is 20.5. The van der Waals surface area contributed by atoms with Gasteiger partial charge in [0.2, 0.25) is 0 Å². The number of hydrogen-bond donors (Lipinski definition) is 2. The molecule has 1 nitrogen and oxygen atoms in total. The van der Waals surface area contributed by atoms with Crippen LogP contribution >= 0.6 is 24.8 Å². The normalized spacial score (nSPS) is 10.9. The van der Waals surface area contributed by atoms with Crippen LogP contribution < -0.4 is 5.32 Å². The Hall–Kier alpha value is 0.240. The standard InChI is InChI=1S/C20H41NS2/c1-2-3-4-5-6-7-8-9-10-11-12-13-14-15-16-17-18-19-21-20(22)23/h2-19H2,1H3,(H2,21,22,23). The number of thiocarbonyl (C=S) groups is 1. The first kappa shape index (κ1) is 23.2. The van der Waals surface area contributed by atoms with Crippen LogP contribution in [0.25, 0.3) is 0 Å². The molecule has 0 aliphatic carbocycles. The van der Waals surface area contributed by atoms with Gasteiger partial charge in [0, 0.05) is 6.54 Å². The monoisotopic (exact) mass is 359 g/mol. The molecule has 0 aliphatic heterocycles. The van der Waals surface area contributed by atoms with Gasteiger partial charge in [0.25, 0.3) is 0 Å². The van der Waals surface area contributed by atoms with E-state index in [-0.39, 0.29) is 0 Å². The van der Waals surface area contributed by atoms with Crippen molar-refractivity contribution in [3.63, 3.8) is 0 Å². The smallest absolute Gasteiger partial charge is 0.130 e. The molecule has 0 aromatic carbocycles. The summed E-state index contributed by atoms with van der Waals surface area (Å²) in [6.45, 7) is 3.28. The molecular weight excluding hydrogens is 318 g/mol. The first-order valence-corrected chi connectivity index (χ1v) is 11.1. The summed E-state index contributed by atoms with van der Waals surface area (Å²) in [7, 11) is 0. The van der Waals surface area contributed by atoms with E-state index >= 15 is 0 Å². The lowest BCUT2D eigenvalue weighted by Gasteiger charge is -2.04. The summed E-state index contributed by atoms with van der Waals surface area (Å²) in [6, 6.07) is 0. The molecule has 0 rings (SSSR count). The third-order valence-corrected chi connectivity index (χ3v) is 4.86. The Morgan fingerprint density at radius 3 is 1.22 bits per heavy atom. The van der Waals surface area contributed by atoms with Crippen LogP contribution in [0.4, 0.5) is 0 Å². The first-order chi connectivity index (χ1) is 11.3. The van der Waals surface area contributed by atoms with Gasteiger partial charge in [-0.1, -0.05) is 122 Å². The molecule has 0 aliphatic rings. The molecule has 0 unspecified atom stereocenters. The van der Waals surface area contributed by atoms with Gasteiger partial charge >= 0.3 is 0 Å². The minimum absolute atomic E-state index is 0.626. The molecule has 0 atom stereocenters. The molecule has 23 heavy (non-hydrogen) atoms. The lowest BCUT2D eigenvalue weighted by atomic mass is 10.0. The maximum atomic E-state index is 4.86. The molecular formula is C20H41NS2. The highest BCUT2D eigenvalue weighted by molar-refractivity contribution is 8.11. The summed E-state index contributed by atoms with van der Waals surface area (Å²) in [4.78, 5) is 0. The number of hydrogen-bond acceptors (Lipinski definition) is 1. The van der Waals surface area contributed by atoms with Crippen LogP contribution in [0.15, 0.2) is 0 Å². The fourth-order valence-corrected chi connectivity index (χ4v) is 3.26. The molecule has 0 heterocycles. The fourth-order valence-electron chi connectivity index (χ4n) is 3.05. The van der Waals surface area contributed by atoms with Crippen LogP contribution in [0, 0.1) is 0 Å². The zero-order valence-electron chi connectivity index (χ0n) is 15.6. The molecule has 0 radical (unpaired) electrons. The second-order valence-corrected chi connectivity index (χ2v) is 8.05. The average Bonchev–Trinajstić information content (AvgIpc) is 2.53. The third kappa shape index (κ3) is 22.2. The molecule has 0 saturated heterocycles. The third-order valence-electron chi connectivity index (χ3n) is 4.56. The van der Waals surface area contributed by atoms with Crippen LogP contribution in [0.3, 0.4) is 0 Å². The van der Waals surface area contributed by atoms with E-state index in [2.05, 4.69) is 24.9 Å². The Balaban J connectivity index is 2.96. The highest BCUT2D eigenvalue weighted by Crippen LogP contribution is 2.13. The van der Waals surface area contributed by atoms with Crippen LogP contribution in [-0.2, 0) is 0 Å². The van der Waals surface area contributed by atoms with Crippen LogP contribution in [0.5, 0.6) is 0 Å². The van der Waals surface area contributed by atoms with Crippen molar-refractivity contribution in [3.05, 3.63) is 0 Å². The van der Waals surface area contributed by atoms with Gasteiger partial charge in [-0.2, -0.15) is 0 Å². The largest absolute Gasteiger partial charge is 0.371 e. The molecule has 1 N–H and O–H groups in total. The zero-order valence-corrected chi connectivity index (χ0v) is 17.3. The van der Waals surface area contributed by atoms with Gasteiger partial charge < -0.3 is 5.32 Å². The molecule has 138 valence electrons. The lowest BCUT2D eigenvalue weighted by Crippen LogP contribution is -2.17. The second kappa shape index (κ2) is 20.3. The van der Waals surface area contributed by atoms with Crippen molar-refractivity contribution in [1.82, 2.24) is 5.32 Å². The van der Waals surface area contributed by atoms with E-state index in [1.807, 2.05) is 0 Å². The molecule has 0 fully saturated rings. The SMILES string of the molecule is CCCCCCCCCCCCCCCCCCCNC(=S)S. The molecule has 0 spiro atoms. The topological polar surface area (TPSA) is 12.0 Å². The Bertz CT molecular complexity index is 244. The summed E-state index contributed by atoms with van der Waals surface area (Å²) >= 11 is 8.92. The molecule has 3 heteroatoms. The van der Waals surface area contributed by atoms with Gasteiger partial charge in [0.05, 0.1) is 0 Å². The van der Waals surface area contributed by atoms with Gasteiger partial charge in [0.1, 0.15) is 4.32 Å². The van der Waals surface area contributed by atoms with Crippen molar-refractivity contribution in [2.24, 2.45) is 0 Å². The van der Waals surface area contributed by atoms with Crippen molar-refractivity contribution in [2.75, 3.05) is 6.54 Å². The lowest BCUT2D eigenvalue weighted by molar-refractivity contribution is 0.527. The van der Waals surface area contributed by atoms with Crippen molar-refractivity contribution in [2.45, 2.75) is 116 Å². The van der Waals surface area contributed by atoms with Gasteiger partial charge in [0.15, 0.2) is 0 Å². The molecule has 0 aromatic rings. The molecule has 0 aromatic heterocycles. The van der Waals surface area contributed by atoms with Gasteiger partial charge in [-0.3, -0.25) is 0 Å². The van der Waals surface area contributed by atoms with E-state index in [1.165, 1.54) is 109 Å². The summed E-state index contributed by atoms with van der Waals surface area (Å²) in [5.74, 6) is 0. The van der Waals surface area contributed by atoms with Gasteiger partial charge in [-0.05, 0) is 6.42 Å². The first-order valence-electron chi connectivity index (χ1n) is 10.2. The van der Waals surface area contributed by atoms with E-state index in [0.717, 1.165) is 6.54 Å². The second-order valence-electron chi connectivity index (χ2n) is 6.89. The maximum Gasteiger partial charge on any atom is 0.130 e. The van der Waals surface area contributed by atoms with Gasteiger partial charge in [-0.25, -0.2) is 0 Å². The van der Waals surface area contributed by atoms with Gasteiger partial charge in [-0.15, -0.1) is 12.6 Å². The van der Waals surface area contributed by atoms with Crippen molar-refractivity contribution >= 4 is 29.2 Å². The highest BCUT2D eigenvalue weighted by Gasteiger charge is 1.95. The summed E-state index contributed by atoms with van der Waals surface area (Å²) < 4.78 is 0.626. The Morgan fingerprint density at radius 1 is 0.609 bits per heavy atom. The maximum absolute atomic E-state index is 4.86. The zero-order chi connectivity index (χ0) is 17.0. The van der Waals surface area contributed by atoms with E-state index in [9.17, 15) is 0 Å². The quantitative estimate of drug-likeness (QED) is 0.150. The van der Waals surface area contributed by atoms with Crippen molar-refractivity contribution in [3.8, 4) is 0 Å². The number of rotatable bonds is 18. The predicted octanol–water partition coefficient (Wildman–Crippen LogP) is 7.44. The Labute approximate surface area is 157 Å². The highest BCUT2D eigenvalue weighted by atomic mass is 32.1. The van der Waals surface area contributed by atoms with E-state index in [4.69, 9.17) is 12.2 Å². The molecule has 0 saturated carbocycles.